The predicted molar refractivity (Wildman–Crippen MR) is 154 cm³/mol. The smallest absolute Gasteiger partial charge is 0.337 e. The van der Waals surface area contributed by atoms with Gasteiger partial charge < -0.3 is 19.9 Å². The Labute approximate surface area is 235 Å². The number of rotatable bonds is 16. The van der Waals surface area contributed by atoms with Crippen molar-refractivity contribution in [1.29, 1.82) is 0 Å². The Bertz CT molecular complexity index is 1220. The molecule has 0 bridgehead atoms. The number of carboxylic acid groups (broad SMARTS) is 1. The molecule has 0 aliphatic rings. The van der Waals surface area contributed by atoms with Crippen LogP contribution in [0, 0.1) is 0 Å². The number of anilines is 1. The van der Waals surface area contributed by atoms with E-state index in [1.807, 2.05) is 59.3 Å². The molecule has 0 aliphatic heterocycles. The highest BCUT2D eigenvalue weighted by atomic mass is 16.5. The lowest BCUT2D eigenvalue weighted by atomic mass is 10.1. The average molecular weight is 548 g/mol. The highest BCUT2D eigenvalue weighted by molar-refractivity contribution is 5.92. The molecule has 40 heavy (non-hydrogen) atoms. The number of amides is 1. The normalized spacial score (nSPS) is 10.9. The molecule has 3 rings (SSSR count). The van der Waals surface area contributed by atoms with Crippen molar-refractivity contribution in [2.24, 2.45) is 0 Å². The highest BCUT2D eigenvalue weighted by Gasteiger charge is 2.13. The summed E-state index contributed by atoms with van der Waals surface area (Å²) in [5.41, 5.74) is 3.25. The second-order valence-electron chi connectivity index (χ2n) is 9.54. The molecule has 0 spiro atoms. The fourth-order valence-electron chi connectivity index (χ4n) is 4.18. The molecule has 1 amide bonds. The Balaban J connectivity index is 1.38. The molecule has 3 aromatic carbocycles. The molecule has 0 unspecified atom stereocenters. The lowest BCUT2D eigenvalue weighted by Crippen LogP contribution is -2.34. The summed E-state index contributed by atoms with van der Waals surface area (Å²) in [6, 6.07) is 24.4. The molecule has 9 heteroatoms. The summed E-state index contributed by atoms with van der Waals surface area (Å²) < 4.78 is 10.5. The largest absolute Gasteiger partial charge is 0.493 e. The molecule has 2 N–H and O–H groups in total. The van der Waals surface area contributed by atoms with Gasteiger partial charge in [-0.1, -0.05) is 42.5 Å². The van der Waals surface area contributed by atoms with E-state index in [0.717, 1.165) is 17.7 Å². The van der Waals surface area contributed by atoms with E-state index in [0.29, 0.717) is 43.9 Å². The first kappa shape index (κ1) is 30.3. The second-order valence-corrected chi connectivity index (χ2v) is 9.54. The molecule has 212 valence electrons. The van der Waals surface area contributed by atoms with Crippen LogP contribution in [-0.2, 0) is 27.3 Å². The van der Waals surface area contributed by atoms with Gasteiger partial charge in [-0.05, 0) is 67.5 Å². The van der Waals surface area contributed by atoms with Crippen molar-refractivity contribution in [2.45, 2.75) is 19.4 Å². The monoisotopic (exact) mass is 547 g/mol. The van der Waals surface area contributed by atoms with E-state index in [1.165, 1.54) is 12.7 Å². The van der Waals surface area contributed by atoms with Gasteiger partial charge in [0.1, 0.15) is 5.75 Å². The first-order valence-electron chi connectivity index (χ1n) is 13.2. The summed E-state index contributed by atoms with van der Waals surface area (Å²) >= 11 is 0. The number of methoxy groups -OCH3 is 1. The molecular formula is C31H37N3O6. The number of aliphatic carboxylic acids is 1. The Hall–Kier alpha value is -4.21. The fraction of sp³-hybridized carbons (Fsp3) is 0.323. The van der Waals surface area contributed by atoms with Crippen molar-refractivity contribution < 1.29 is 29.0 Å². The van der Waals surface area contributed by atoms with E-state index in [4.69, 9.17) is 9.47 Å². The van der Waals surface area contributed by atoms with Crippen LogP contribution in [0.2, 0.25) is 0 Å². The topological polar surface area (TPSA) is 108 Å². The average Bonchev–Trinajstić information content (AvgIpc) is 2.94. The number of ether oxygens (including phenoxy) is 2. The van der Waals surface area contributed by atoms with Crippen LogP contribution >= 0.6 is 0 Å². The molecule has 0 heterocycles. The van der Waals surface area contributed by atoms with Crippen LogP contribution in [0.25, 0.3) is 0 Å². The number of carbonyl (C=O) groups excluding carboxylic acids is 2. The minimum Gasteiger partial charge on any atom is -0.493 e. The van der Waals surface area contributed by atoms with E-state index < -0.39 is 11.9 Å². The number of benzene rings is 3. The van der Waals surface area contributed by atoms with Crippen molar-refractivity contribution in [2.75, 3.05) is 52.3 Å². The van der Waals surface area contributed by atoms with Gasteiger partial charge in [-0.15, -0.1) is 0 Å². The summed E-state index contributed by atoms with van der Waals surface area (Å²) in [5.74, 6) is -0.710. The molecule has 0 fully saturated rings. The van der Waals surface area contributed by atoms with Crippen molar-refractivity contribution in [3.05, 3.63) is 95.6 Å². The number of nitrogens with zero attached hydrogens (tertiary/aromatic N) is 2. The van der Waals surface area contributed by atoms with Gasteiger partial charge in [-0.3, -0.25) is 19.4 Å². The molecule has 0 radical (unpaired) electrons. The predicted octanol–water partition coefficient (Wildman–Crippen LogP) is 3.94. The Morgan fingerprint density at radius 3 is 2.20 bits per heavy atom. The number of carbonyl (C=O) groups is 3. The van der Waals surface area contributed by atoms with Gasteiger partial charge in [0, 0.05) is 25.2 Å². The van der Waals surface area contributed by atoms with Crippen LogP contribution in [0.1, 0.15) is 27.9 Å². The molecule has 0 aliphatic carbocycles. The van der Waals surface area contributed by atoms with Crippen molar-refractivity contribution in [3.63, 3.8) is 0 Å². The Morgan fingerprint density at radius 2 is 1.55 bits per heavy atom. The van der Waals surface area contributed by atoms with Gasteiger partial charge in [0.25, 0.3) is 0 Å². The Kier molecular flexibility index (Phi) is 12.2. The third kappa shape index (κ3) is 10.9. The minimum absolute atomic E-state index is 0.102. The molecule has 9 nitrogen and oxygen atoms in total. The minimum atomic E-state index is -0.911. The highest BCUT2D eigenvalue weighted by Crippen LogP contribution is 2.16. The first-order chi connectivity index (χ1) is 19.3. The lowest BCUT2D eigenvalue weighted by molar-refractivity contribution is -0.138. The molecule has 3 aromatic rings. The van der Waals surface area contributed by atoms with Crippen LogP contribution in [0.3, 0.4) is 0 Å². The summed E-state index contributed by atoms with van der Waals surface area (Å²) in [4.78, 5) is 39.2. The van der Waals surface area contributed by atoms with Gasteiger partial charge in [-0.25, -0.2) is 4.79 Å². The molecule has 0 saturated heterocycles. The van der Waals surface area contributed by atoms with E-state index >= 15 is 0 Å². The lowest BCUT2D eigenvalue weighted by Gasteiger charge is -2.22. The van der Waals surface area contributed by atoms with E-state index in [1.54, 1.807) is 24.3 Å². The quantitative estimate of drug-likeness (QED) is 0.260. The number of hydrogen-bond donors (Lipinski definition) is 2. The number of hydrogen-bond acceptors (Lipinski definition) is 7. The maximum Gasteiger partial charge on any atom is 0.337 e. The first-order valence-corrected chi connectivity index (χ1v) is 13.2. The third-order valence-corrected chi connectivity index (χ3v) is 6.21. The van der Waals surface area contributed by atoms with Crippen molar-refractivity contribution in [1.82, 2.24) is 9.80 Å². The fourth-order valence-corrected chi connectivity index (χ4v) is 4.18. The Morgan fingerprint density at radius 1 is 0.850 bits per heavy atom. The maximum atomic E-state index is 12.5. The van der Waals surface area contributed by atoms with Crippen molar-refractivity contribution >= 4 is 23.5 Å². The van der Waals surface area contributed by atoms with Crippen LogP contribution in [0.4, 0.5) is 5.69 Å². The zero-order chi connectivity index (χ0) is 28.7. The maximum absolute atomic E-state index is 12.5. The van der Waals surface area contributed by atoms with Gasteiger partial charge in [0.05, 0.1) is 32.4 Å². The summed E-state index contributed by atoms with van der Waals surface area (Å²) in [6.45, 7) is 2.29. The third-order valence-electron chi connectivity index (χ3n) is 6.21. The van der Waals surface area contributed by atoms with Crippen LogP contribution in [0.15, 0.2) is 78.9 Å². The van der Waals surface area contributed by atoms with E-state index in [-0.39, 0.29) is 19.0 Å². The van der Waals surface area contributed by atoms with Crippen molar-refractivity contribution in [3.8, 4) is 5.75 Å². The van der Waals surface area contributed by atoms with Gasteiger partial charge in [-0.2, -0.15) is 0 Å². The molecule has 0 saturated carbocycles. The molecule has 0 atom stereocenters. The summed E-state index contributed by atoms with van der Waals surface area (Å²) in [6.07, 6.45) is 1.51. The van der Waals surface area contributed by atoms with E-state index in [9.17, 15) is 19.5 Å². The molecule has 0 aromatic heterocycles. The summed E-state index contributed by atoms with van der Waals surface area (Å²) in [5, 5.41) is 12.2. The number of esters is 1. The SMILES string of the molecule is COC(=O)c1ccc(CN(CCCN(C)CC(=O)Nc2ccc(OCCc3ccccc3)cc2)CC(=O)O)cc1. The van der Waals surface area contributed by atoms with Gasteiger partial charge in [0.15, 0.2) is 0 Å². The number of carboxylic acids is 1. The summed E-state index contributed by atoms with van der Waals surface area (Å²) in [7, 11) is 3.18. The van der Waals surface area contributed by atoms with Gasteiger partial charge >= 0.3 is 11.9 Å². The van der Waals surface area contributed by atoms with Crippen LogP contribution in [0.5, 0.6) is 5.75 Å². The second kappa shape index (κ2) is 16.0. The van der Waals surface area contributed by atoms with Crippen LogP contribution < -0.4 is 10.1 Å². The van der Waals surface area contributed by atoms with Gasteiger partial charge in [0.2, 0.25) is 5.91 Å². The molecular weight excluding hydrogens is 510 g/mol. The zero-order valence-electron chi connectivity index (χ0n) is 23.0. The standard InChI is InChI=1S/C31H37N3O6/c1-33(18-6-19-34(23-30(36)37)21-25-9-11-26(12-10-25)31(38)39-2)22-29(35)32-27-13-15-28(16-14-27)40-20-17-24-7-4-3-5-8-24/h3-5,7-16H,6,17-23H2,1-2H3,(H,32,35)(H,36,37). The number of nitrogens with one attached hydrogen (secondary N) is 1. The number of likely N-dealkylation sites (N-methyl/N-ethyl adjacent to an activating group) is 1. The van der Waals surface area contributed by atoms with E-state index in [2.05, 4.69) is 17.4 Å². The zero-order valence-corrected chi connectivity index (χ0v) is 23.0. The van der Waals surface area contributed by atoms with Crippen LogP contribution in [-0.4, -0.2) is 79.7 Å².